The lowest BCUT2D eigenvalue weighted by molar-refractivity contribution is 0.0984. The van der Waals surface area contributed by atoms with E-state index < -0.39 is 0 Å². The number of carbonyl (C=O) groups excluding carboxylic acids is 1. The number of aliphatic hydroxyl groups is 1. The molecule has 1 aromatic carbocycles. The number of benzene rings is 1. The molecule has 0 saturated carbocycles. The molecule has 1 atom stereocenters. The number of aliphatic hydroxyl groups excluding tert-OH is 1. The average Bonchev–Trinajstić information content (AvgIpc) is 3.27. The summed E-state index contributed by atoms with van der Waals surface area (Å²) in [6.07, 6.45) is 2.49. The molecule has 1 fully saturated rings. The van der Waals surface area contributed by atoms with Crippen molar-refractivity contribution in [1.29, 1.82) is 0 Å². The second-order valence-corrected chi connectivity index (χ2v) is 6.28. The lowest BCUT2D eigenvalue weighted by Crippen LogP contribution is -2.29. The Hall–Kier alpha value is -2.25. The number of halogens is 1. The first-order valence-electron chi connectivity index (χ1n) is 8.05. The van der Waals surface area contributed by atoms with E-state index in [-0.39, 0.29) is 23.5 Å². The molecule has 1 aromatic heterocycles. The Morgan fingerprint density at radius 1 is 1.42 bits per heavy atom. The third kappa shape index (κ3) is 2.81. The van der Waals surface area contributed by atoms with Gasteiger partial charge in [0.2, 0.25) is 5.89 Å². The SMILES string of the molecule is O=C(c1coc(CN2CC[C@H](O)C2)n1)N1CCc2ccc(F)cc21. The van der Waals surface area contributed by atoms with Crippen molar-refractivity contribution >= 4 is 11.6 Å². The van der Waals surface area contributed by atoms with E-state index in [0.29, 0.717) is 37.6 Å². The van der Waals surface area contributed by atoms with Crippen LogP contribution in [0.3, 0.4) is 0 Å². The maximum absolute atomic E-state index is 13.5. The molecule has 126 valence electrons. The molecule has 2 aliphatic rings. The van der Waals surface area contributed by atoms with Gasteiger partial charge in [-0.05, 0) is 30.5 Å². The minimum Gasteiger partial charge on any atom is -0.447 e. The third-order valence-electron chi connectivity index (χ3n) is 4.57. The van der Waals surface area contributed by atoms with Crippen molar-refractivity contribution in [1.82, 2.24) is 9.88 Å². The number of rotatable bonds is 3. The molecule has 7 heteroatoms. The minimum absolute atomic E-state index is 0.224. The molecule has 0 aliphatic carbocycles. The van der Waals surface area contributed by atoms with Crippen molar-refractivity contribution in [2.24, 2.45) is 0 Å². The van der Waals surface area contributed by atoms with Gasteiger partial charge < -0.3 is 14.4 Å². The lowest BCUT2D eigenvalue weighted by Gasteiger charge is -2.15. The molecule has 1 saturated heterocycles. The number of nitrogens with zero attached hydrogens (tertiary/aromatic N) is 3. The van der Waals surface area contributed by atoms with Crippen molar-refractivity contribution in [2.75, 3.05) is 24.5 Å². The highest BCUT2D eigenvalue weighted by Gasteiger charge is 2.28. The van der Waals surface area contributed by atoms with Crippen LogP contribution >= 0.6 is 0 Å². The first-order valence-corrected chi connectivity index (χ1v) is 8.05. The van der Waals surface area contributed by atoms with Crippen molar-refractivity contribution < 1.29 is 18.7 Å². The molecule has 1 amide bonds. The van der Waals surface area contributed by atoms with Gasteiger partial charge in [-0.15, -0.1) is 0 Å². The quantitative estimate of drug-likeness (QED) is 0.925. The Morgan fingerprint density at radius 2 is 2.29 bits per heavy atom. The predicted molar refractivity (Wildman–Crippen MR) is 84.2 cm³/mol. The molecule has 3 heterocycles. The largest absolute Gasteiger partial charge is 0.447 e. The van der Waals surface area contributed by atoms with Crippen molar-refractivity contribution in [3.63, 3.8) is 0 Å². The zero-order chi connectivity index (χ0) is 16.7. The van der Waals surface area contributed by atoms with Gasteiger partial charge in [-0.1, -0.05) is 6.07 Å². The smallest absolute Gasteiger partial charge is 0.280 e. The summed E-state index contributed by atoms with van der Waals surface area (Å²) in [7, 11) is 0. The summed E-state index contributed by atoms with van der Waals surface area (Å²) in [6.45, 7) is 2.35. The van der Waals surface area contributed by atoms with Crippen LogP contribution in [0, 0.1) is 5.82 Å². The fourth-order valence-corrected chi connectivity index (χ4v) is 3.33. The molecular formula is C17H18FN3O3. The van der Waals surface area contributed by atoms with Crippen LogP contribution in [0.25, 0.3) is 0 Å². The van der Waals surface area contributed by atoms with Gasteiger partial charge in [0.1, 0.15) is 12.1 Å². The molecule has 0 bridgehead atoms. The second-order valence-electron chi connectivity index (χ2n) is 6.28. The van der Waals surface area contributed by atoms with Gasteiger partial charge in [0, 0.05) is 19.6 Å². The molecule has 0 spiro atoms. The zero-order valence-corrected chi connectivity index (χ0v) is 13.1. The summed E-state index contributed by atoms with van der Waals surface area (Å²) in [5, 5.41) is 9.55. The van der Waals surface area contributed by atoms with E-state index in [2.05, 4.69) is 4.98 Å². The number of carbonyl (C=O) groups is 1. The van der Waals surface area contributed by atoms with Gasteiger partial charge in [0.25, 0.3) is 5.91 Å². The topological polar surface area (TPSA) is 69.8 Å². The number of fused-ring (bicyclic) bond motifs is 1. The summed E-state index contributed by atoms with van der Waals surface area (Å²) in [5.41, 5.74) is 1.79. The molecular weight excluding hydrogens is 313 g/mol. The summed E-state index contributed by atoms with van der Waals surface area (Å²) in [6, 6.07) is 4.50. The second kappa shape index (κ2) is 5.99. The zero-order valence-electron chi connectivity index (χ0n) is 13.1. The number of likely N-dealkylation sites (tertiary alicyclic amines) is 1. The summed E-state index contributed by atoms with van der Waals surface area (Å²) in [4.78, 5) is 20.5. The van der Waals surface area contributed by atoms with Gasteiger partial charge in [-0.3, -0.25) is 9.69 Å². The van der Waals surface area contributed by atoms with E-state index in [4.69, 9.17) is 4.42 Å². The molecule has 0 radical (unpaired) electrons. The van der Waals surface area contributed by atoms with Gasteiger partial charge in [-0.25, -0.2) is 9.37 Å². The van der Waals surface area contributed by atoms with Gasteiger partial charge in [-0.2, -0.15) is 0 Å². The van der Waals surface area contributed by atoms with Gasteiger partial charge >= 0.3 is 0 Å². The van der Waals surface area contributed by atoms with Crippen LogP contribution in [-0.2, 0) is 13.0 Å². The van der Waals surface area contributed by atoms with Crippen molar-refractivity contribution in [3.8, 4) is 0 Å². The van der Waals surface area contributed by atoms with Gasteiger partial charge in [0.15, 0.2) is 5.69 Å². The van der Waals surface area contributed by atoms with Crippen LogP contribution in [0.2, 0.25) is 0 Å². The number of oxazole rings is 1. The van der Waals surface area contributed by atoms with Crippen LogP contribution in [0.4, 0.5) is 10.1 Å². The Balaban J connectivity index is 1.49. The maximum Gasteiger partial charge on any atom is 0.280 e. The molecule has 6 nitrogen and oxygen atoms in total. The molecule has 2 aliphatic heterocycles. The maximum atomic E-state index is 13.5. The van der Waals surface area contributed by atoms with Crippen LogP contribution in [-0.4, -0.2) is 46.6 Å². The Kier molecular flexibility index (Phi) is 3.82. The van der Waals surface area contributed by atoms with E-state index >= 15 is 0 Å². The van der Waals surface area contributed by atoms with Crippen LogP contribution in [0.5, 0.6) is 0 Å². The standard InChI is InChI=1S/C17H18FN3O3/c18-12-2-1-11-3-6-21(15(11)7-12)17(23)14-10-24-16(19-14)9-20-5-4-13(22)8-20/h1-2,7,10,13,22H,3-6,8-9H2/t13-/m0/s1. The van der Waals surface area contributed by atoms with E-state index in [0.717, 1.165) is 18.5 Å². The fourth-order valence-electron chi connectivity index (χ4n) is 3.33. The monoisotopic (exact) mass is 331 g/mol. The molecule has 4 rings (SSSR count). The first kappa shape index (κ1) is 15.3. The number of hydrogen-bond donors (Lipinski definition) is 1. The van der Waals surface area contributed by atoms with E-state index in [1.54, 1.807) is 11.0 Å². The lowest BCUT2D eigenvalue weighted by atomic mass is 10.2. The Morgan fingerprint density at radius 3 is 3.08 bits per heavy atom. The number of hydrogen-bond acceptors (Lipinski definition) is 5. The summed E-state index contributed by atoms with van der Waals surface area (Å²) in [5.74, 6) is -0.191. The highest BCUT2D eigenvalue weighted by Crippen LogP contribution is 2.30. The fraction of sp³-hybridized carbons (Fsp3) is 0.412. The Bertz CT molecular complexity index is 776. The van der Waals surface area contributed by atoms with Crippen LogP contribution in [0.1, 0.15) is 28.4 Å². The van der Waals surface area contributed by atoms with Crippen LogP contribution in [0.15, 0.2) is 28.9 Å². The highest BCUT2D eigenvalue weighted by atomic mass is 19.1. The number of anilines is 1. The number of amides is 1. The minimum atomic E-state index is -0.359. The molecule has 1 N–H and O–H groups in total. The third-order valence-corrected chi connectivity index (χ3v) is 4.57. The molecule has 24 heavy (non-hydrogen) atoms. The number of β-amino-alcohol motifs (C(OH)–C–C–N with tert-alkyl or cyclic N) is 1. The average molecular weight is 331 g/mol. The Labute approximate surface area is 138 Å². The van der Waals surface area contributed by atoms with E-state index in [1.165, 1.54) is 18.4 Å². The number of aromatic nitrogens is 1. The first-order chi connectivity index (χ1) is 11.6. The molecule has 2 aromatic rings. The summed E-state index contributed by atoms with van der Waals surface area (Å²) < 4.78 is 18.9. The van der Waals surface area contributed by atoms with E-state index in [1.807, 2.05) is 4.90 Å². The summed E-state index contributed by atoms with van der Waals surface area (Å²) >= 11 is 0. The molecule has 0 unspecified atom stereocenters. The van der Waals surface area contributed by atoms with E-state index in [9.17, 15) is 14.3 Å². The van der Waals surface area contributed by atoms with Crippen molar-refractivity contribution in [2.45, 2.75) is 25.5 Å². The predicted octanol–water partition coefficient (Wildman–Crippen LogP) is 1.58. The highest BCUT2D eigenvalue weighted by molar-refractivity contribution is 6.05. The van der Waals surface area contributed by atoms with Gasteiger partial charge in [0.05, 0.1) is 18.3 Å². The van der Waals surface area contributed by atoms with Crippen molar-refractivity contribution in [3.05, 3.63) is 47.4 Å². The van der Waals surface area contributed by atoms with Crippen LogP contribution < -0.4 is 4.90 Å². The normalized spacial score (nSPS) is 20.6.